The van der Waals surface area contributed by atoms with Crippen molar-refractivity contribution >= 4 is 29.6 Å². The third-order valence-corrected chi connectivity index (χ3v) is 6.99. The Hall–Kier alpha value is -2.65. The first-order valence-corrected chi connectivity index (χ1v) is 12.3. The van der Waals surface area contributed by atoms with Crippen LogP contribution in [-0.4, -0.2) is 64.8 Å². The number of likely N-dealkylation sites (tertiary alicyclic amines) is 1. The van der Waals surface area contributed by atoms with Crippen molar-refractivity contribution in [3.05, 3.63) is 0 Å². The molecule has 1 saturated heterocycles. The van der Waals surface area contributed by atoms with Gasteiger partial charge in [0.25, 0.3) is 5.91 Å². The monoisotopic (exact) mass is 494 g/mol. The summed E-state index contributed by atoms with van der Waals surface area (Å²) >= 11 is 0. The number of ether oxygens (including phenoxy) is 1. The maximum atomic E-state index is 13.8. The lowest BCUT2D eigenvalue weighted by Gasteiger charge is -2.38. The lowest BCUT2D eigenvalue weighted by molar-refractivity contribution is -0.145. The van der Waals surface area contributed by atoms with E-state index in [0.717, 1.165) is 0 Å². The van der Waals surface area contributed by atoms with Gasteiger partial charge in [-0.05, 0) is 49.9 Å². The largest absolute Gasteiger partial charge is 0.444 e. The molecule has 2 fully saturated rings. The number of hydrogen-bond acceptors (Lipinski definition) is 6. The normalized spacial score (nSPS) is 24.6. The average molecular weight is 495 g/mol. The van der Waals surface area contributed by atoms with Gasteiger partial charge in [0.1, 0.15) is 17.7 Å². The Balaban J connectivity index is 2.31. The second kappa shape index (κ2) is 9.78. The Morgan fingerprint density at radius 2 is 1.63 bits per heavy atom. The van der Waals surface area contributed by atoms with Crippen LogP contribution in [0.4, 0.5) is 4.79 Å². The molecule has 0 aromatic heterocycles. The second-order valence-corrected chi connectivity index (χ2v) is 12.4. The van der Waals surface area contributed by atoms with Gasteiger partial charge in [0.15, 0.2) is 0 Å². The molecule has 4 amide bonds. The number of piperidine rings is 1. The highest BCUT2D eigenvalue weighted by Crippen LogP contribution is 2.65. The number of carbonyl (C=O) groups is 5. The number of amides is 4. The van der Waals surface area contributed by atoms with Crippen molar-refractivity contribution in [2.75, 3.05) is 6.54 Å². The van der Waals surface area contributed by atoms with Crippen LogP contribution in [0.2, 0.25) is 0 Å². The Morgan fingerprint density at radius 3 is 2.09 bits per heavy atom. The van der Waals surface area contributed by atoms with Gasteiger partial charge in [0.05, 0.1) is 6.04 Å². The Labute approximate surface area is 208 Å². The zero-order valence-corrected chi connectivity index (χ0v) is 22.5. The number of alkyl carbamates (subject to hydrolysis) is 1. The molecule has 0 aromatic carbocycles. The number of nitrogens with one attached hydrogen (secondary N) is 2. The first-order valence-electron chi connectivity index (χ1n) is 12.3. The topological polar surface area (TPSA) is 148 Å². The molecule has 4 N–H and O–H groups in total. The fourth-order valence-corrected chi connectivity index (χ4v) is 5.04. The molecule has 3 unspecified atom stereocenters. The lowest BCUT2D eigenvalue weighted by Crippen LogP contribution is -2.60. The van der Waals surface area contributed by atoms with Crippen LogP contribution in [0.5, 0.6) is 0 Å². The summed E-state index contributed by atoms with van der Waals surface area (Å²) in [5.74, 6) is -2.83. The van der Waals surface area contributed by atoms with E-state index in [1.165, 1.54) is 4.90 Å². The molecule has 5 atom stereocenters. The molecular weight excluding hydrogens is 452 g/mol. The van der Waals surface area contributed by atoms with Crippen molar-refractivity contribution in [1.82, 2.24) is 15.5 Å². The third kappa shape index (κ3) is 6.32. The number of fused-ring (bicyclic) bond motifs is 1. The van der Waals surface area contributed by atoms with E-state index in [1.54, 1.807) is 20.8 Å². The average Bonchev–Trinajstić information content (AvgIpc) is 3.03. The van der Waals surface area contributed by atoms with Crippen LogP contribution in [0.3, 0.4) is 0 Å². The maximum absolute atomic E-state index is 13.8. The number of nitrogens with two attached hydrogens (primary N) is 1. The fourth-order valence-electron chi connectivity index (χ4n) is 5.04. The molecule has 2 aliphatic rings. The number of rotatable bonds is 8. The van der Waals surface area contributed by atoms with E-state index in [4.69, 9.17) is 10.5 Å². The highest BCUT2D eigenvalue weighted by atomic mass is 16.6. The van der Waals surface area contributed by atoms with Gasteiger partial charge in [-0.25, -0.2) is 4.79 Å². The van der Waals surface area contributed by atoms with Crippen LogP contribution in [-0.2, 0) is 23.9 Å². The number of primary amides is 1. The van der Waals surface area contributed by atoms with E-state index in [2.05, 4.69) is 10.6 Å². The number of Topliss-reactive ketones (excluding diaryl/α,β-unsaturated/α-hetero) is 1. The summed E-state index contributed by atoms with van der Waals surface area (Å²) in [6, 6.07) is -2.80. The molecule has 0 spiro atoms. The van der Waals surface area contributed by atoms with Crippen LogP contribution in [0.1, 0.15) is 75.2 Å². The summed E-state index contributed by atoms with van der Waals surface area (Å²) in [5.41, 5.74) is 3.62. The highest BCUT2D eigenvalue weighted by Gasteiger charge is 2.69. The molecule has 35 heavy (non-hydrogen) atoms. The zero-order chi connectivity index (χ0) is 27.1. The summed E-state index contributed by atoms with van der Waals surface area (Å²) < 4.78 is 5.36. The standard InChI is InChI=1S/C25H42N4O6/c1-10-11-14(17(30)19(26)31)27-20(32)16-15-13(25(15,8)9)12-29(16)21(33)18(23(2,3)4)28-22(34)35-24(5,6)7/h13-16,18H,10-12H2,1-9H3,(H2,26,31)(H,27,32)(H,28,34)/t13-,14?,15-,16?,18?/m0/s1. The van der Waals surface area contributed by atoms with Crippen molar-refractivity contribution in [3.8, 4) is 0 Å². The highest BCUT2D eigenvalue weighted by molar-refractivity contribution is 6.37. The van der Waals surface area contributed by atoms with Gasteiger partial charge in [-0.15, -0.1) is 0 Å². The van der Waals surface area contributed by atoms with Crippen molar-refractivity contribution in [3.63, 3.8) is 0 Å². The van der Waals surface area contributed by atoms with Crippen molar-refractivity contribution in [2.24, 2.45) is 28.4 Å². The van der Waals surface area contributed by atoms with Crippen molar-refractivity contribution in [2.45, 2.75) is 98.9 Å². The summed E-state index contributed by atoms with van der Waals surface area (Å²) in [4.78, 5) is 65.0. The van der Waals surface area contributed by atoms with Gasteiger partial charge in [-0.3, -0.25) is 19.2 Å². The van der Waals surface area contributed by atoms with Crippen LogP contribution < -0.4 is 16.4 Å². The molecule has 0 aromatic rings. The van der Waals surface area contributed by atoms with E-state index in [9.17, 15) is 24.0 Å². The molecule has 10 heteroatoms. The minimum atomic E-state index is -1.11. The van der Waals surface area contributed by atoms with Crippen LogP contribution >= 0.6 is 0 Å². The SMILES string of the molecule is CCCC(NC(=O)C1[C@@H]2[C@H](CN1C(=O)C(NC(=O)OC(C)(C)C)C(C)(C)C)C2(C)C)C(=O)C(N)=O. The van der Waals surface area contributed by atoms with Crippen LogP contribution in [0.25, 0.3) is 0 Å². The van der Waals surface area contributed by atoms with Crippen molar-refractivity contribution in [1.29, 1.82) is 0 Å². The molecule has 1 aliphatic carbocycles. The Bertz CT molecular complexity index is 885. The number of ketones is 1. The Morgan fingerprint density at radius 1 is 1.06 bits per heavy atom. The lowest BCUT2D eigenvalue weighted by atomic mass is 9.85. The Kier molecular flexibility index (Phi) is 7.98. The van der Waals surface area contributed by atoms with E-state index in [1.807, 2.05) is 41.5 Å². The van der Waals surface area contributed by atoms with Crippen LogP contribution in [0, 0.1) is 22.7 Å². The predicted molar refractivity (Wildman–Crippen MR) is 130 cm³/mol. The van der Waals surface area contributed by atoms with Gasteiger partial charge in [-0.2, -0.15) is 0 Å². The second-order valence-electron chi connectivity index (χ2n) is 12.4. The summed E-state index contributed by atoms with van der Waals surface area (Å²) in [5, 5.41) is 5.37. The number of hydrogen-bond donors (Lipinski definition) is 3. The van der Waals surface area contributed by atoms with Crippen molar-refractivity contribution < 1.29 is 28.7 Å². The molecular formula is C25H42N4O6. The number of carbonyl (C=O) groups excluding carboxylic acids is 5. The summed E-state index contributed by atoms with van der Waals surface area (Å²) in [6.45, 7) is 17.0. The minimum Gasteiger partial charge on any atom is -0.444 e. The quantitative estimate of drug-likeness (QED) is 0.438. The molecule has 0 radical (unpaired) electrons. The minimum absolute atomic E-state index is 0.0976. The molecule has 1 saturated carbocycles. The smallest absolute Gasteiger partial charge is 0.408 e. The van der Waals surface area contributed by atoms with E-state index in [-0.39, 0.29) is 29.6 Å². The van der Waals surface area contributed by atoms with Gasteiger partial charge >= 0.3 is 6.09 Å². The molecule has 1 heterocycles. The summed E-state index contributed by atoms with van der Waals surface area (Å²) in [6.07, 6.45) is 0.101. The van der Waals surface area contributed by atoms with Gasteiger partial charge in [0.2, 0.25) is 17.6 Å². The zero-order valence-electron chi connectivity index (χ0n) is 22.5. The predicted octanol–water partition coefficient (Wildman–Crippen LogP) is 1.75. The van der Waals surface area contributed by atoms with E-state index < -0.39 is 52.8 Å². The molecule has 1 aliphatic heterocycles. The van der Waals surface area contributed by atoms with Gasteiger partial charge in [-0.1, -0.05) is 48.0 Å². The molecule has 10 nitrogen and oxygen atoms in total. The molecule has 2 rings (SSSR count). The van der Waals surface area contributed by atoms with Crippen LogP contribution in [0.15, 0.2) is 0 Å². The number of nitrogens with zero attached hydrogens (tertiary/aromatic N) is 1. The van der Waals surface area contributed by atoms with E-state index in [0.29, 0.717) is 13.0 Å². The third-order valence-electron chi connectivity index (χ3n) is 6.99. The molecule has 0 bridgehead atoms. The van der Waals surface area contributed by atoms with Gasteiger partial charge < -0.3 is 26.0 Å². The first-order chi connectivity index (χ1) is 15.8. The fraction of sp³-hybridized carbons (Fsp3) is 0.800. The molecule has 198 valence electrons. The first kappa shape index (κ1) is 28.6. The van der Waals surface area contributed by atoms with E-state index >= 15 is 0 Å². The summed E-state index contributed by atoms with van der Waals surface area (Å²) in [7, 11) is 0. The van der Waals surface area contributed by atoms with Gasteiger partial charge in [0, 0.05) is 6.54 Å². The maximum Gasteiger partial charge on any atom is 0.408 e.